The van der Waals surface area contributed by atoms with E-state index in [2.05, 4.69) is 17.3 Å². The van der Waals surface area contributed by atoms with Gasteiger partial charge in [0.25, 0.3) is 5.91 Å². The monoisotopic (exact) mass is 600 g/mol. The molecule has 4 aromatic rings. The highest BCUT2D eigenvalue weighted by atomic mass is 35.5. The smallest absolute Gasteiger partial charge is 0.286 e. The van der Waals surface area contributed by atoms with Crippen molar-refractivity contribution in [1.82, 2.24) is 20.2 Å². The van der Waals surface area contributed by atoms with Gasteiger partial charge in [-0.25, -0.2) is 9.69 Å². The van der Waals surface area contributed by atoms with Crippen molar-refractivity contribution in [2.75, 3.05) is 19.7 Å². The third kappa shape index (κ3) is 6.96. The topological polar surface area (TPSA) is 59.4 Å². The lowest BCUT2D eigenvalue weighted by atomic mass is 10.1. The first-order valence-corrected chi connectivity index (χ1v) is 13.9. The number of para-hydroxylation sites is 1. The molecule has 3 heterocycles. The quantitative estimate of drug-likeness (QED) is 0.238. The molecule has 2 aromatic heterocycles. The summed E-state index contributed by atoms with van der Waals surface area (Å²) in [6.45, 7) is 3.87. The van der Waals surface area contributed by atoms with Gasteiger partial charge in [0, 0.05) is 23.7 Å². The molecule has 1 N–H and O–H groups in total. The number of amides is 1. The summed E-state index contributed by atoms with van der Waals surface area (Å²) in [5.41, 5.74) is 5.58. The minimum Gasteiger partial charge on any atom is -0.481 e. The Kier molecular flexibility index (Phi) is 9.95. The summed E-state index contributed by atoms with van der Waals surface area (Å²) >= 11 is 14.2. The molecule has 202 valence electrons. The standard InChI is InChI=1S/C29H26Cl2N4O2S.ClH/c1-20-27(29(36)33-34-16-6-3-7-17-34)32-35(25-14-12-21(30)19-24(25)31)28(20)26-15-13-23(38-26)11-8-18-37-22-9-4-2-5-10-22;/h2,4-5,9-10,12-15,19H,3,6-7,16-18H2,1H3,(H,33,36);1H. The molecule has 1 saturated heterocycles. The van der Waals surface area contributed by atoms with Crippen molar-refractivity contribution in [3.05, 3.63) is 86.8 Å². The molecule has 1 aliphatic rings. The van der Waals surface area contributed by atoms with E-state index < -0.39 is 0 Å². The number of benzene rings is 2. The van der Waals surface area contributed by atoms with Gasteiger partial charge in [0.15, 0.2) is 5.69 Å². The van der Waals surface area contributed by atoms with E-state index in [9.17, 15) is 4.79 Å². The minimum atomic E-state index is -0.232. The first-order chi connectivity index (χ1) is 18.5. The number of hydrogen-bond donors (Lipinski definition) is 1. The molecule has 5 rings (SSSR count). The van der Waals surface area contributed by atoms with Gasteiger partial charge in [0.1, 0.15) is 12.4 Å². The first kappa shape index (κ1) is 29.0. The lowest BCUT2D eigenvalue weighted by molar-refractivity contribution is 0.0743. The van der Waals surface area contributed by atoms with Gasteiger partial charge in [0.05, 0.1) is 26.2 Å². The van der Waals surface area contributed by atoms with Crippen LogP contribution in [0.4, 0.5) is 0 Å². The van der Waals surface area contributed by atoms with E-state index >= 15 is 0 Å². The van der Waals surface area contributed by atoms with Crippen LogP contribution in [0.3, 0.4) is 0 Å². The van der Waals surface area contributed by atoms with E-state index in [0.29, 0.717) is 21.4 Å². The number of nitrogens with one attached hydrogen (secondary N) is 1. The summed E-state index contributed by atoms with van der Waals surface area (Å²) in [6.07, 6.45) is 3.31. The maximum atomic E-state index is 13.3. The molecule has 1 amide bonds. The van der Waals surface area contributed by atoms with Crippen LogP contribution in [0.15, 0.2) is 60.7 Å². The Balaban J connectivity index is 0.00000353. The molecule has 10 heteroatoms. The van der Waals surface area contributed by atoms with Crippen molar-refractivity contribution in [2.45, 2.75) is 26.2 Å². The summed E-state index contributed by atoms with van der Waals surface area (Å²) in [4.78, 5) is 15.1. The van der Waals surface area contributed by atoms with Crippen molar-refractivity contribution in [1.29, 1.82) is 0 Å². The Hall–Kier alpha value is -2.99. The van der Waals surface area contributed by atoms with E-state index in [0.717, 1.165) is 52.7 Å². The summed E-state index contributed by atoms with van der Waals surface area (Å²) < 4.78 is 7.40. The third-order valence-corrected chi connectivity index (χ3v) is 7.74. The van der Waals surface area contributed by atoms with Crippen molar-refractivity contribution in [3.63, 3.8) is 0 Å². The van der Waals surface area contributed by atoms with E-state index in [4.69, 9.17) is 33.0 Å². The highest BCUT2D eigenvalue weighted by Crippen LogP contribution is 2.36. The van der Waals surface area contributed by atoms with Crippen LogP contribution in [0.1, 0.15) is 40.2 Å². The van der Waals surface area contributed by atoms with E-state index in [1.165, 1.54) is 17.8 Å². The molecular weight excluding hydrogens is 575 g/mol. The molecule has 1 aliphatic heterocycles. The zero-order valence-electron chi connectivity index (χ0n) is 21.2. The van der Waals surface area contributed by atoms with Gasteiger partial charge >= 0.3 is 0 Å². The largest absolute Gasteiger partial charge is 0.481 e. The number of hydrogen-bond acceptors (Lipinski definition) is 5. The zero-order chi connectivity index (χ0) is 26.5. The number of piperidine rings is 1. The van der Waals surface area contributed by atoms with Crippen LogP contribution < -0.4 is 10.2 Å². The number of nitrogens with zero attached hydrogens (tertiary/aromatic N) is 3. The van der Waals surface area contributed by atoms with Gasteiger partial charge in [-0.3, -0.25) is 10.2 Å². The Morgan fingerprint density at radius 1 is 1.08 bits per heavy atom. The first-order valence-electron chi connectivity index (χ1n) is 12.4. The molecule has 0 aliphatic carbocycles. The summed E-state index contributed by atoms with van der Waals surface area (Å²) in [7, 11) is 0. The Labute approximate surface area is 248 Å². The average Bonchev–Trinajstić information content (AvgIpc) is 3.52. The normalized spacial score (nSPS) is 13.2. The van der Waals surface area contributed by atoms with Crippen LogP contribution in [-0.4, -0.2) is 40.4 Å². The van der Waals surface area contributed by atoms with E-state index in [1.54, 1.807) is 16.8 Å². The van der Waals surface area contributed by atoms with Gasteiger partial charge in [-0.05, 0) is 62.2 Å². The lowest BCUT2D eigenvalue weighted by Gasteiger charge is -2.26. The molecule has 6 nitrogen and oxygen atoms in total. The summed E-state index contributed by atoms with van der Waals surface area (Å²) in [5.74, 6) is 6.79. The van der Waals surface area contributed by atoms with Crippen molar-refractivity contribution < 1.29 is 9.53 Å². The second kappa shape index (κ2) is 13.4. The Bertz CT molecular complexity index is 1500. The average molecular weight is 602 g/mol. The molecule has 0 bridgehead atoms. The number of carbonyl (C=O) groups is 1. The van der Waals surface area contributed by atoms with Gasteiger partial charge in [0.2, 0.25) is 0 Å². The Morgan fingerprint density at radius 3 is 2.59 bits per heavy atom. The third-order valence-electron chi connectivity index (χ3n) is 6.20. The molecule has 1 fully saturated rings. The van der Waals surface area contributed by atoms with Crippen LogP contribution in [0.2, 0.25) is 10.0 Å². The molecule has 0 radical (unpaired) electrons. The summed E-state index contributed by atoms with van der Waals surface area (Å²) in [5, 5.41) is 7.67. The number of aromatic nitrogens is 2. The maximum absolute atomic E-state index is 13.3. The second-order valence-electron chi connectivity index (χ2n) is 8.89. The molecule has 0 atom stereocenters. The number of ether oxygens (including phenoxy) is 1. The van der Waals surface area contributed by atoms with Crippen molar-refractivity contribution in [3.8, 4) is 33.8 Å². The van der Waals surface area contributed by atoms with Crippen LogP contribution in [-0.2, 0) is 0 Å². The predicted molar refractivity (Wildman–Crippen MR) is 161 cm³/mol. The molecule has 0 saturated carbocycles. The molecule has 39 heavy (non-hydrogen) atoms. The number of rotatable bonds is 6. The fourth-order valence-electron chi connectivity index (χ4n) is 4.32. The lowest BCUT2D eigenvalue weighted by Crippen LogP contribution is -2.45. The fraction of sp³-hybridized carbons (Fsp3) is 0.241. The van der Waals surface area contributed by atoms with E-state index in [1.807, 2.05) is 60.5 Å². The number of carbonyl (C=O) groups excluding carboxylic acids is 1. The van der Waals surface area contributed by atoms with Gasteiger partial charge < -0.3 is 4.74 Å². The maximum Gasteiger partial charge on any atom is 0.286 e. The van der Waals surface area contributed by atoms with Gasteiger partial charge in [-0.1, -0.05) is 59.7 Å². The number of halogens is 3. The highest BCUT2D eigenvalue weighted by molar-refractivity contribution is 7.16. The van der Waals surface area contributed by atoms with Crippen LogP contribution >= 0.6 is 46.9 Å². The van der Waals surface area contributed by atoms with Gasteiger partial charge in [-0.2, -0.15) is 5.10 Å². The highest BCUT2D eigenvalue weighted by Gasteiger charge is 2.25. The summed E-state index contributed by atoms with van der Waals surface area (Å²) in [6, 6.07) is 18.8. The number of hydrazine groups is 1. The van der Waals surface area contributed by atoms with Crippen molar-refractivity contribution >= 4 is 52.9 Å². The minimum absolute atomic E-state index is 0. The molecule has 2 aromatic carbocycles. The predicted octanol–water partition coefficient (Wildman–Crippen LogP) is 7.20. The van der Waals surface area contributed by atoms with Crippen molar-refractivity contribution in [2.24, 2.45) is 0 Å². The van der Waals surface area contributed by atoms with Crippen LogP contribution in [0, 0.1) is 18.8 Å². The number of thiophene rings is 1. The molecular formula is C29H27Cl3N4O2S. The second-order valence-corrected chi connectivity index (χ2v) is 10.8. The Morgan fingerprint density at radius 2 is 1.85 bits per heavy atom. The SMILES string of the molecule is Cc1c(C(=O)NN2CCCCC2)nn(-c2ccc(Cl)cc2Cl)c1-c1ccc(C#CCOc2ccccc2)s1.Cl. The fourth-order valence-corrected chi connectivity index (χ4v) is 5.78. The van der Waals surface area contributed by atoms with Crippen LogP contribution in [0.5, 0.6) is 5.75 Å². The molecule has 0 spiro atoms. The zero-order valence-corrected chi connectivity index (χ0v) is 24.4. The van der Waals surface area contributed by atoms with E-state index in [-0.39, 0.29) is 24.9 Å². The molecule has 0 unspecified atom stereocenters. The van der Waals surface area contributed by atoms with Gasteiger partial charge in [-0.15, -0.1) is 23.7 Å². The van der Waals surface area contributed by atoms with Crippen LogP contribution in [0.25, 0.3) is 16.3 Å².